The number of carbonyl (C=O) groups is 1. The molecule has 3 aromatic rings. The van der Waals surface area contributed by atoms with E-state index in [0.717, 1.165) is 6.42 Å². The summed E-state index contributed by atoms with van der Waals surface area (Å²) in [5.74, 6) is 1.37. The fourth-order valence-corrected chi connectivity index (χ4v) is 2.89. The summed E-state index contributed by atoms with van der Waals surface area (Å²) in [6.07, 6.45) is 1.26. The summed E-state index contributed by atoms with van der Waals surface area (Å²) >= 11 is 0. The van der Waals surface area contributed by atoms with E-state index in [1.54, 1.807) is 37.3 Å². The minimum absolute atomic E-state index is 0.165. The van der Waals surface area contributed by atoms with E-state index in [4.69, 9.17) is 14.0 Å². The Bertz CT molecular complexity index is 1030. The average Bonchev–Trinajstić information content (AvgIpc) is 3.06. The molecule has 1 aliphatic rings. The number of amides is 1. The lowest BCUT2D eigenvalue weighted by Gasteiger charge is -2.10. The van der Waals surface area contributed by atoms with Crippen LogP contribution >= 0.6 is 0 Å². The molecule has 0 saturated heterocycles. The molecule has 29 heavy (non-hydrogen) atoms. The SMILES string of the molecule is Cc1ccc(-c2noc(CCC(=O)Nc3ccc4c(c3)OCCCO4)n2)cc1F. The van der Waals surface area contributed by atoms with Gasteiger partial charge >= 0.3 is 0 Å². The molecular weight excluding hydrogens is 377 g/mol. The minimum Gasteiger partial charge on any atom is -0.490 e. The number of carbonyl (C=O) groups excluding carboxylic acids is 1. The Labute approximate surface area is 166 Å². The Morgan fingerprint density at radius 3 is 2.79 bits per heavy atom. The number of ether oxygens (including phenoxy) is 2. The highest BCUT2D eigenvalue weighted by Gasteiger charge is 2.14. The second kappa shape index (κ2) is 8.30. The Balaban J connectivity index is 1.35. The Morgan fingerprint density at radius 2 is 1.97 bits per heavy atom. The number of fused-ring (bicyclic) bond motifs is 1. The van der Waals surface area contributed by atoms with Crippen LogP contribution in [0.5, 0.6) is 11.5 Å². The van der Waals surface area contributed by atoms with Crippen LogP contribution in [0.4, 0.5) is 10.1 Å². The molecule has 1 N–H and O–H groups in total. The first-order valence-electron chi connectivity index (χ1n) is 9.37. The number of benzene rings is 2. The first-order valence-corrected chi connectivity index (χ1v) is 9.37. The molecule has 0 radical (unpaired) electrons. The second-order valence-electron chi connectivity index (χ2n) is 6.74. The number of hydrogen-bond donors (Lipinski definition) is 1. The van der Waals surface area contributed by atoms with Gasteiger partial charge in [0, 0.05) is 36.6 Å². The molecule has 4 rings (SSSR count). The van der Waals surface area contributed by atoms with Crippen LogP contribution in [0.25, 0.3) is 11.4 Å². The molecule has 150 valence electrons. The number of aromatic nitrogens is 2. The Kier molecular flexibility index (Phi) is 5.41. The summed E-state index contributed by atoms with van der Waals surface area (Å²) < 4.78 is 30.1. The maximum atomic E-state index is 13.7. The highest BCUT2D eigenvalue weighted by molar-refractivity contribution is 5.91. The number of hydrogen-bond acceptors (Lipinski definition) is 6. The highest BCUT2D eigenvalue weighted by Crippen LogP contribution is 2.32. The third kappa shape index (κ3) is 4.53. The van der Waals surface area contributed by atoms with Crippen LogP contribution in [0.15, 0.2) is 40.9 Å². The van der Waals surface area contributed by atoms with E-state index in [1.807, 2.05) is 0 Å². The fraction of sp³-hybridized carbons (Fsp3) is 0.286. The zero-order valence-electron chi connectivity index (χ0n) is 15.9. The van der Waals surface area contributed by atoms with Gasteiger partial charge in [-0.05, 0) is 30.7 Å². The number of nitrogens with zero attached hydrogens (tertiary/aromatic N) is 2. The summed E-state index contributed by atoms with van der Waals surface area (Å²) in [7, 11) is 0. The minimum atomic E-state index is -0.330. The van der Waals surface area contributed by atoms with Crippen LogP contribution in [-0.2, 0) is 11.2 Å². The molecule has 0 bridgehead atoms. The van der Waals surface area contributed by atoms with Gasteiger partial charge in [-0.25, -0.2) is 4.39 Å². The van der Waals surface area contributed by atoms with Gasteiger partial charge in [0.25, 0.3) is 0 Å². The largest absolute Gasteiger partial charge is 0.490 e. The van der Waals surface area contributed by atoms with Gasteiger partial charge in [-0.3, -0.25) is 4.79 Å². The summed E-state index contributed by atoms with van der Waals surface area (Å²) in [6, 6.07) is 10.0. The quantitative estimate of drug-likeness (QED) is 0.702. The van der Waals surface area contributed by atoms with E-state index in [-0.39, 0.29) is 24.6 Å². The molecule has 2 aromatic carbocycles. The molecule has 2 heterocycles. The van der Waals surface area contributed by atoms with E-state index >= 15 is 0 Å². The molecule has 0 spiro atoms. The lowest BCUT2D eigenvalue weighted by Crippen LogP contribution is -2.12. The maximum Gasteiger partial charge on any atom is 0.227 e. The van der Waals surface area contributed by atoms with Gasteiger partial charge in [-0.1, -0.05) is 17.3 Å². The van der Waals surface area contributed by atoms with Crippen molar-refractivity contribution in [2.75, 3.05) is 18.5 Å². The van der Waals surface area contributed by atoms with Gasteiger partial charge < -0.3 is 19.3 Å². The van der Waals surface area contributed by atoms with Crippen molar-refractivity contribution in [3.8, 4) is 22.9 Å². The first kappa shape index (κ1) is 18.9. The van der Waals surface area contributed by atoms with E-state index in [1.165, 1.54) is 6.07 Å². The van der Waals surface area contributed by atoms with Crippen molar-refractivity contribution in [3.63, 3.8) is 0 Å². The molecule has 1 aromatic heterocycles. The molecule has 8 heteroatoms. The number of anilines is 1. The third-order valence-corrected chi connectivity index (χ3v) is 4.50. The van der Waals surface area contributed by atoms with Gasteiger partial charge in [-0.2, -0.15) is 4.98 Å². The molecule has 1 aliphatic heterocycles. The summed E-state index contributed by atoms with van der Waals surface area (Å²) in [4.78, 5) is 16.5. The van der Waals surface area contributed by atoms with Gasteiger partial charge in [0.15, 0.2) is 11.5 Å². The Morgan fingerprint density at radius 1 is 1.14 bits per heavy atom. The van der Waals surface area contributed by atoms with E-state index in [9.17, 15) is 9.18 Å². The van der Waals surface area contributed by atoms with Gasteiger partial charge in [0.2, 0.25) is 17.6 Å². The zero-order chi connectivity index (χ0) is 20.2. The van der Waals surface area contributed by atoms with Crippen molar-refractivity contribution in [2.24, 2.45) is 0 Å². The molecule has 7 nitrogen and oxygen atoms in total. The lowest BCUT2D eigenvalue weighted by molar-refractivity contribution is -0.116. The van der Waals surface area contributed by atoms with E-state index in [2.05, 4.69) is 15.5 Å². The van der Waals surface area contributed by atoms with Crippen molar-refractivity contribution in [2.45, 2.75) is 26.2 Å². The maximum absolute atomic E-state index is 13.7. The highest BCUT2D eigenvalue weighted by atomic mass is 19.1. The van der Waals surface area contributed by atoms with Crippen molar-refractivity contribution in [3.05, 3.63) is 53.7 Å². The smallest absolute Gasteiger partial charge is 0.227 e. The summed E-state index contributed by atoms with van der Waals surface area (Å²) in [6.45, 7) is 2.87. The predicted molar refractivity (Wildman–Crippen MR) is 103 cm³/mol. The van der Waals surface area contributed by atoms with Crippen LogP contribution in [0, 0.1) is 12.7 Å². The third-order valence-electron chi connectivity index (χ3n) is 4.50. The summed E-state index contributed by atoms with van der Waals surface area (Å²) in [5.41, 5.74) is 1.70. The van der Waals surface area contributed by atoms with Crippen LogP contribution < -0.4 is 14.8 Å². The molecule has 0 unspecified atom stereocenters. The molecule has 0 atom stereocenters. The van der Waals surface area contributed by atoms with E-state index < -0.39 is 0 Å². The van der Waals surface area contributed by atoms with Crippen LogP contribution in [-0.4, -0.2) is 29.3 Å². The molecule has 0 fully saturated rings. The number of halogens is 1. The van der Waals surface area contributed by atoms with Crippen molar-refractivity contribution >= 4 is 11.6 Å². The standard InChI is InChI=1S/C21H20FN3O4/c1-13-3-4-14(11-16(13)22)21-24-20(29-25-21)8-7-19(26)23-15-5-6-17-18(12-15)28-10-2-9-27-17/h3-6,11-12H,2,7-10H2,1H3,(H,23,26). The van der Waals surface area contributed by atoms with Crippen LogP contribution in [0.2, 0.25) is 0 Å². The molecule has 0 saturated carbocycles. The predicted octanol–water partition coefficient (Wildman–Crippen LogP) is 3.92. The Hall–Kier alpha value is -3.42. The van der Waals surface area contributed by atoms with Gasteiger partial charge in [-0.15, -0.1) is 0 Å². The average molecular weight is 397 g/mol. The van der Waals surface area contributed by atoms with Gasteiger partial charge in [0.05, 0.1) is 13.2 Å². The van der Waals surface area contributed by atoms with Crippen molar-refractivity contribution < 1.29 is 23.2 Å². The molecule has 1 amide bonds. The van der Waals surface area contributed by atoms with Crippen molar-refractivity contribution in [1.29, 1.82) is 0 Å². The lowest BCUT2D eigenvalue weighted by atomic mass is 10.1. The molecule has 0 aliphatic carbocycles. The number of nitrogens with one attached hydrogen (secondary N) is 1. The van der Waals surface area contributed by atoms with Gasteiger partial charge in [0.1, 0.15) is 5.82 Å². The topological polar surface area (TPSA) is 86.5 Å². The van der Waals surface area contributed by atoms with Crippen molar-refractivity contribution in [1.82, 2.24) is 10.1 Å². The van der Waals surface area contributed by atoms with Crippen LogP contribution in [0.3, 0.4) is 0 Å². The zero-order valence-corrected chi connectivity index (χ0v) is 15.9. The number of rotatable bonds is 5. The fourth-order valence-electron chi connectivity index (χ4n) is 2.89. The molecular formula is C21H20FN3O4. The summed E-state index contributed by atoms with van der Waals surface area (Å²) in [5, 5.41) is 6.68. The monoisotopic (exact) mass is 397 g/mol. The van der Waals surface area contributed by atoms with Crippen LogP contribution in [0.1, 0.15) is 24.3 Å². The number of aryl methyl sites for hydroxylation is 2. The first-order chi connectivity index (χ1) is 14.1. The second-order valence-corrected chi connectivity index (χ2v) is 6.74. The normalized spacial score (nSPS) is 13.0. The van der Waals surface area contributed by atoms with E-state index in [0.29, 0.717) is 53.2 Å².